The molecule has 3 nitrogen and oxygen atoms in total. The summed E-state index contributed by atoms with van der Waals surface area (Å²) >= 11 is 0. The van der Waals surface area contributed by atoms with Gasteiger partial charge in [-0.05, 0) is 68.3 Å². The molecular weight excluding hydrogens is 659 g/mol. The van der Waals surface area contributed by atoms with Crippen LogP contribution in [0.3, 0.4) is 0 Å². The minimum absolute atomic E-state index is 0.947. The van der Waals surface area contributed by atoms with Gasteiger partial charge in [-0.3, -0.25) is 4.57 Å². The fourth-order valence-corrected chi connectivity index (χ4v) is 13.1. The van der Waals surface area contributed by atoms with E-state index in [2.05, 4.69) is 222 Å². The molecule has 0 aliphatic carbocycles. The van der Waals surface area contributed by atoms with Crippen molar-refractivity contribution in [2.24, 2.45) is 0 Å². The molecule has 250 valence electrons. The number of hydrogen-bond acceptors (Lipinski definition) is 2. The van der Waals surface area contributed by atoms with Gasteiger partial charge >= 0.3 is 0 Å². The van der Waals surface area contributed by atoms with Crippen molar-refractivity contribution in [1.29, 1.82) is 0 Å². The van der Waals surface area contributed by atoms with Crippen LogP contribution in [0.2, 0.25) is 0 Å². The van der Waals surface area contributed by atoms with Crippen LogP contribution in [0.5, 0.6) is 0 Å². The summed E-state index contributed by atoms with van der Waals surface area (Å²) in [6.45, 7) is 0. The third-order valence-electron chi connectivity index (χ3n) is 10.7. The molecule has 0 spiro atoms. The number of nitrogens with zero attached hydrogens (tertiary/aromatic N) is 3. The van der Waals surface area contributed by atoms with Gasteiger partial charge in [0, 0.05) is 11.3 Å². The van der Waals surface area contributed by atoms with Crippen LogP contribution < -0.4 is 25.6 Å². The number of anilines is 3. The summed E-state index contributed by atoms with van der Waals surface area (Å²) in [5, 5.41) is 5.47. The summed E-state index contributed by atoms with van der Waals surface area (Å²) in [6, 6.07) is 77.3. The minimum atomic E-state index is -2.62. The van der Waals surface area contributed by atoms with E-state index in [9.17, 15) is 0 Å². The van der Waals surface area contributed by atoms with E-state index in [1.54, 1.807) is 0 Å². The van der Waals surface area contributed by atoms with E-state index in [-0.39, 0.29) is 0 Å². The van der Waals surface area contributed by atoms with E-state index in [1.165, 1.54) is 31.9 Å². The first-order valence-electron chi connectivity index (χ1n) is 18.1. The maximum Gasteiger partial charge on any atom is 0.179 e. The maximum atomic E-state index is 5.21. The second-order valence-corrected chi connectivity index (χ2v) is 17.4. The summed E-state index contributed by atoms with van der Waals surface area (Å²) < 4.78 is 2.35. The van der Waals surface area contributed by atoms with Crippen LogP contribution >= 0.6 is 0 Å². The summed E-state index contributed by atoms with van der Waals surface area (Å²) in [7, 11) is -2.62. The Morgan fingerprint density at radius 2 is 0.868 bits per heavy atom. The Labute approximate surface area is 310 Å². The second-order valence-electron chi connectivity index (χ2n) is 13.6. The van der Waals surface area contributed by atoms with Crippen molar-refractivity contribution in [2.45, 2.75) is 0 Å². The van der Waals surface area contributed by atoms with E-state index >= 15 is 0 Å². The number of imidazole rings is 1. The summed E-state index contributed by atoms with van der Waals surface area (Å²) in [5.74, 6) is 0.947. The Bertz CT molecular complexity index is 2600. The van der Waals surface area contributed by atoms with Crippen LogP contribution in [0.1, 0.15) is 0 Å². The molecule has 0 amide bonds. The normalized spacial score (nSPS) is 12.1. The maximum absolute atomic E-state index is 5.21. The van der Waals surface area contributed by atoms with Crippen molar-refractivity contribution in [3.8, 4) is 28.2 Å². The Morgan fingerprint density at radius 3 is 1.45 bits per heavy atom. The van der Waals surface area contributed by atoms with Gasteiger partial charge in [0.2, 0.25) is 0 Å². The summed E-state index contributed by atoms with van der Waals surface area (Å²) in [4.78, 5) is 7.60. The van der Waals surface area contributed by atoms with Crippen molar-refractivity contribution >= 4 is 56.9 Å². The average molecular weight is 694 g/mol. The van der Waals surface area contributed by atoms with Crippen LogP contribution in [0.15, 0.2) is 212 Å². The first-order valence-corrected chi connectivity index (χ1v) is 20.1. The quantitative estimate of drug-likeness (QED) is 0.123. The van der Waals surface area contributed by atoms with Crippen LogP contribution in [-0.2, 0) is 0 Å². The van der Waals surface area contributed by atoms with Gasteiger partial charge in [-0.2, -0.15) is 0 Å². The molecule has 0 N–H and O–H groups in total. The Kier molecular flexibility index (Phi) is 7.48. The number of para-hydroxylation sites is 2. The molecular formula is C49H35N3Si. The van der Waals surface area contributed by atoms with Gasteiger partial charge in [-0.1, -0.05) is 176 Å². The van der Waals surface area contributed by atoms with Crippen molar-refractivity contribution in [2.75, 3.05) is 4.90 Å². The molecule has 0 unspecified atom stereocenters. The molecule has 1 aromatic heterocycles. The predicted molar refractivity (Wildman–Crippen MR) is 224 cm³/mol. The van der Waals surface area contributed by atoms with Gasteiger partial charge in [-0.25, -0.2) is 4.98 Å². The fourth-order valence-electron chi connectivity index (χ4n) is 8.34. The lowest BCUT2D eigenvalue weighted by atomic mass is 10.0. The highest BCUT2D eigenvalue weighted by Crippen LogP contribution is 2.49. The first-order chi connectivity index (χ1) is 26.3. The zero-order valence-electron chi connectivity index (χ0n) is 29.0. The third-order valence-corrected chi connectivity index (χ3v) is 15.5. The highest BCUT2D eigenvalue weighted by molar-refractivity contribution is 7.19. The second kappa shape index (κ2) is 12.8. The number of aromatic nitrogens is 2. The van der Waals surface area contributed by atoms with E-state index in [1.807, 2.05) is 0 Å². The SMILES string of the molecule is c1ccc(-c2nc3cccc4c3n2-c2ccc(-c3ccc([Si](c5ccccc5)(c5ccccc5)c5ccccc5)cc3)cc2N4c2ccccc2)cc1. The van der Waals surface area contributed by atoms with E-state index in [4.69, 9.17) is 4.98 Å². The molecule has 0 atom stereocenters. The monoisotopic (exact) mass is 693 g/mol. The lowest BCUT2D eigenvalue weighted by Crippen LogP contribution is -2.74. The molecule has 0 bridgehead atoms. The molecule has 1 aliphatic heterocycles. The number of fused-ring (bicyclic) bond motifs is 2. The van der Waals surface area contributed by atoms with Crippen LogP contribution in [0.25, 0.3) is 39.2 Å². The van der Waals surface area contributed by atoms with Gasteiger partial charge in [0.15, 0.2) is 8.07 Å². The Hall–Kier alpha value is -6.75. The molecule has 10 rings (SSSR count). The number of rotatable bonds is 7. The molecule has 0 radical (unpaired) electrons. The zero-order valence-corrected chi connectivity index (χ0v) is 30.0. The molecule has 1 aliphatic rings. The molecule has 2 heterocycles. The Balaban J connectivity index is 1.16. The van der Waals surface area contributed by atoms with Crippen LogP contribution in [0.4, 0.5) is 17.1 Å². The molecule has 0 fully saturated rings. The molecule has 4 heteroatoms. The van der Waals surface area contributed by atoms with Gasteiger partial charge in [0.25, 0.3) is 0 Å². The molecule has 0 saturated heterocycles. The van der Waals surface area contributed by atoms with Crippen molar-refractivity contribution < 1.29 is 0 Å². The topological polar surface area (TPSA) is 21.1 Å². The van der Waals surface area contributed by atoms with E-state index < -0.39 is 8.07 Å². The van der Waals surface area contributed by atoms with Gasteiger partial charge in [0.05, 0.1) is 28.1 Å². The molecule has 0 saturated carbocycles. The fraction of sp³-hybridized carbons (Fsp3) is 0. The lowest BCUT2D eigenvalue weighted by Gasteiger charge is -2.34. The lowest BCUT2D eigenvalue weighted by molar-refractivity contribution is 1.06. The average Bonchev–Trinajstić information content (AvgIpc) is 3.64. The molecule has 53 heavy (non-hydrogen) atoms. The van der Waals surface area contributed by atoms with Crippen molar-refractivity contribution in [1.82, 2.24) is 9.55 Å². The standard InChI is InChI=1S/C49H35N3Si/c1-6-17-37(18-7-1)49-50-44-27-16-28-46-48(44)52(49)45-34-31-38(35-47(45)51(46)39-19-8-2-9-20-39)36-29-32-43(33-30-36)53(40-21-10-3-11-22-40,41-23-12-4-13-24-41)42-25-14-5-15-26-42/h1-35H. The van der Waals surface area contributed by atoms with Gasteiger partial charge < -0.3 is 4.90 Å². The van der Waals surface area contributed by atoms with Gasteiger partial charge in [-0.15, -0.1) is 0 Å². The molecule has 9 aromatic rings. The van der Waals surface area contributed by atoms with Crippen molar-refractivity contribution in [3.05, 3.63) is 212 Å². The van der Waals surface area contributed by atoms with Crippen LogP contribution in [0, 0.1) is 0 Å². The smallest absolute Gasteiger partial charge is 0.179 e. The first kappa shape index (κ1) is 31.0. The highest BCUT2D eigenvalue weighted by atomic mass is 28.3. The van der Waals surface area contributed by atoms with E-state index in [0.29, 0.717) is 0 Å². The van der Waals surface area contributed by atoms with Crippen LogP contribution in [-0.4, -0.2) is 17.6 Å². The highest BCUT2D eigenvalue weighted by Gasteiger charge is 2.41. The van der Waals surface area contributed by atoms with Gasteiger partial charge in [0.1, 0.15) is 5.82 Å². The predicted octanol–water partition coefficient (Wildman–Crippen LogP) is 9.52. The van der Waals surface area contributed by atoms with E-state index in [0.717, 1.165) is 45.2 Å². The van der Waals surface area contributed by atoms with Crippen molar-refractivity contribution in [3.63, 3.8) is 0 Å². The number of benzene rings is 8. The summed E-state index contributed by atoms with van der Waals surface area (Å²) in [5.41, 5.74) is 10.0. The summed E-state index contributed by atoms with van der Waals surface area (Å²) in [6.07, 6.45) is 0. The number of hydrogen-bond donors (Lipinski definition) is 0. The zero-order chi connectivity index (χ0) is 35.2. The largest absolute Gasteiger partial charge is 0.306 e. The minimum Gasteiger partial charge on any atom is -0.306 e. The third kappa shape index (κ3) is 4.99. The Morgan fingerprint density at radius 1 is 0.358 bits per heavy atom. The molecule has 8 aromatic carbocycles.